The van der Waals surface area contributed by atoms with Crippen molar-refractivity contribution in [3.8, 4) is 0 Å². The summed E-state index contributed by atoms with van der Waals surface area (Å²) in [5, 5.41) is 0. The third kappa shape index (κ3) is 4.62. The lowest BCUT2D eigenvalue weighted by atomic mass is 9.79. The van der Waals surface area contributed by atoms with Crippen LogP contribution in [0.2, 0.25) is 0 Å². The first kappa shape index (κ1) is 23.7. The van der Waals surface area contributed by atoms with E-state index in [1.807, 2.05) is 18.2 Å². The Kier molecular flexibility index (Phi) is 7.61. The van der Waals surface area contributed by atoms with Crippen LogP contribution in [0.5, 0.6) is 0 Å². The van der Waals surface area contributed by atoms with E-state index in [0.717, 1.165) is 16.7 Å². The van der Waals surface area contributed by atoms with Crippen molar-refractivity contribution >= 4 is 0 Å². The van der Waals surface area contributed by atoms with Crippen LogP contribution in [0.4, 0.5) is 0 Å². The van der Waals surface area contributed by atoms with Crippen LogP contribution in [-0.4, -0.2) is 39.3 Å². The summed E-state index contributed by atoms with van der Waals surface area (Å²) in [5.41, 5.74) is 2.41. The highest BCUT2D eigenvalue weighted by atomic mass is 16.7. The monoisotopic (exact) mass is 446 g/mol. The minimum absolute atomic E-state index is 0.0913. The van der Waals surface area contributed by atoms with Crippen LogP contribution < -0.4 is 0 Å². The van der Waals surface area contributed by atoms with E-state index in [1.54, 1.807) is 14.2 Å². The molecule has 1 fully saturated rings. The van der Waals surface area contributed by atoms with Gasteiger partial charge in [-0.15, -0.1) is 0 Å². The molecule has 174 valence electrons. The van der Waals surface area contributed by atoms with Crippen molar-refractivity contribution in [1.82, 2.24) is 0 Å². The number of hydrogen-bond acceptors (Lipinski definition) is 4. The van der Waals surface area contributed by atoms with Gasteiger partial charge in [0.15, 0.2) is 6.29 Å². The molecule has 0 N–H and O–H groups in total. The SMILES string of the molecule is CO[C@@H]1OC(COC(c2ccccc2)(c2ccccc2)c2ccccc2)[C@@H](OC)[C@H](C)C1C. The first-order valence-corrected chi connectivity index (χ1v) is 11.6. The van der Waals surface area contributed by atoms with Crippen molar-refractivity contribution in [2.75, 3.05) is 20.8 Å². The number of hydrogen-bond donors (Lipinski definition) is 0. The van der Waals surface area contributed by atoms with E-state index in [9.17, 15) is 0 Å². The summed E-state index contributed by atoms with van der Waals surface area (Å²) in [6.07, 6.45) is -0.646. The smallest absolute Gasteiger partial charge is 0.160 e. The van der Waals surface area contributed by atoms with Gasteiger partial charge in [0, 0.05) is 20.1 Å². The molecular weight excluding hydrogens is 412 g/mol. The maximum Gasteiger partial charge on any atom is 0.160 e. The number of benzene rings is 3. The zero-order valence-electron chi connectivity index (χ0n) is 19.9. The molecule has 3 aromatic rings. The molecule has 3 aromatic carbocycles. The second-order valence-electron chi connectivity index (χ2n) is 8.79. The molecule has 1 saturated heterocycles. The maximum atomic E-state index is 6.98. The molecular formula is C29H34O4. The standard InChI is InChI=1S/C29H34O4/c1-21-22(2)28(31-4)33-26(27(21)30-3)20-32-29(23-14-8-5-9-15-23,24-16-10-6-11-17-24)25-18-12-7-13-19-25/h5-19,21-22,26-28H,20H2,1-4H3/t21-,22?,26?,27+,28-/m1/s1. The predicted octanol–water partition coefficient (Wildman–Crippen LogP) is 5.65. The van der Waals surface area contributed by atoms with E-state index in [4.69, 9.17) is 18.9 Å². The third-order valence-electron chi connectivity index (χ3n) is 6.96. The van der Waals surface area contributed by atoms with Crippen LogP contribution in [-0.2, 0) is 24.5 Å². The average molecular weight is 447 g/mol. The summed E-state index contributed by atoms with van der Waals surface area (Å²) in [4.78, 5) is 0. The van der Waals surface area contributed by atoms with E-state index in [1.165, 1.54) is 0 Å². The van der Waals surface area contributed by atoms with E-state index in [2.05, 4.69) is 86.6 Å². The largest absolute Gasteiger partial charge is 0.378 e. The summed E-state index contributed by atoms with van der Waals surface area (Å²) < 4.78 is 24.9. The molecule has 33 heavy (non-hydrogen) atoms. The predicted molar refractivity (Wildman–Crippen MR) is 130 cm³/mol. The molecule has 1 aliphatic heterocycles. The van der Waals surface area contributed by atoms with E-state index in [-0.39, 0.29) is 30.3 Å². The van der Waals surface area contributed by atoms with E-state index in [0.29, 0.717) is 6.61 Å². The van der Waals surface area contributed by atoms with Crippen LogP contribution in [0.15, 0.2) is 91.0 Å². The molecule has 0 aromatic heterocycles. The zero-order valence-corrected chi connectivity index (χ0v) is 19.9. The van der Waals surface area contributed by atoms with E-state index < -0.39 is 5.60 Å². The minimum atomic E-state index is -0.791. The van der Waals surface area contributed by atoms with Crippen LogP contribution in [0.1, 0.15) is 30.5 Å². The van der Waals surface area contributed by atoms with Crippen molar-refractivity contribution in [2.45, 2.75) is 37.9 Å². The highest BCUT2D eigenvalue weighted by Crippen LogP contribution is 2.42. The Hall–Kier alpha value is -2.50. The van der Waals surface area contributed by atoms with Gasteiger partial charge in [-0.2, -0.15) is 0 Å². The average Bonchev–Trinajstić information content (AvgIpc) is 2.88. The topological polar surface area (TPSA) is 36.9 Å². The fraction of sp³-hybridized carbons (Fsp3) is 0.379. The van der Waals surface area contributed by atoms with Gasteiger partial charge < -0.3 is 18.9 Å². The fourth-order valence-electron chi connectivity index (χ4n) is 5.01. The van der Waals surface area contributed by atoms with Crippen molar-refractivity contribution in [3.05, 3.63) is 108 Å². The van der Waals surface area contributed by atoms with E-state index >= 15 is 0 Å². The van der Waals surface area contributed by atoms with Crippen LogP contribution in [0, 0.1) is 11.8 Å². The molecule has 0 saturated carbocycles. The summed E-state index contributed by atoms with van der Waals surface area (Å²) >= 11 is 0. The third-order valence-corrected chi connectivity index (χ3v) is 6.96. The Balaban J connectivity index is 1.77. The molecule has 5 atom stereocenters. The van der Waals surface area contributed by atoms with Gasteiger partial charge in [0.25, 0.3) is 0 Å². The molecule has 1 aliphatic rings. The van der Waals surface area contributed by atoms with Gasteiger partial charge in [-0.25, -0.2) is 0 Å². The molecule has 1 heterocycles. The molecule has 2 unspecified atom stereocenters. The molecule has 4 heteroatoms. The van der Waals surface area contributed by atoms with Crippen molar-refractivity contribution in [2.24, 2.45) is 11.8 Å². The maximum absolute atomic E-state index is 6.98. The number of ether oxygens (including phenoxy) is 4. The van der Waals surface area contributed by atoms with Gasteiger partial charge in [-0.05, 0) is 22.6 Å². The van der Waals surface area contributed by atoms with Crippen LogP contribution in [0.3, 0.4) is 0 Å². The second kappa shape index (κ2) is 10.6. The summed E-state index contributed by atoms with van der Waals surface area (Å²) in [6, 6.07) is 31.2. The van der Waals surface area contributed by atoms with Crippen LogP contribution in [0.25, 0.3) is 0 Å². The molecule has 0 bridgehead atoms. The Bertz CT molecular complexity index is 880. The Labute approximate surface area is 197 Å². The van der Waals surface area contributed by atoms with Crippen molar-refractivity contribution in [1.29, 1.82) is 0 Å². The molecule has 0 radical (unpaired) electrons. The van der Waals surface area contributed by atoms with Crippen molar-refractivity contribution in [3.63, 3.8) is 0 Å². The van der Waals surface area contributed by atoms with Gasteiger partial charge in [0.1, 0.15) is 11.7 Å². The van der Waals surface area contributed by atoms with Crippen LogP contribution >= 0.6 is 0 Å². The summed E-state index contributed by atoms with van der Waals surface area (Å²) in [5.74, 6) is 0.486. The van der Waals surface area contributed by atoms with Crippen molar-refractivity contribution < 1.29 is 18.9 Å². The summed E-state index contributed by atoms with van der Waals surface area (Å²) in [7, 11) is 3.44. The zero-order chi connectivity index (χ0) is 23.3. The van der Waals surface area contributed by atoms with Gasteiger partial charge in [0.05, 0.1) is 12.7 Å². The Morgan fingerprint density at radius 2 is 1.12 bits per heavy atom. The molecule has 4 nitrogen and oxygen atoms in total. The molecule has 4 rings (SSSR count). The molecule has 0 aliphatic carbocycles. The van der Waals surface area contributed by atoms with Gasteiger partial charge in [0.2, 0.25) is 0 Å². The fourth-order valence-corrected chi connectivity index (χ4v) is 5.01. The van der Waals surface area contributed by atoms with Gasteiger partial charge >= 0.3 is 0 Å². The van der Waals surface area contributed by atoms with Gasteiger partial charge in [-0.1, -0.05) is 105 Å². The lowest BCUT2D eigenvalue weighted by molar-refractivity contribution is -0.271. The highest BCUT2D eigenvalue weighted by molar-refractivity contribution is 5.47. The lowest BCUT2D eigenvalue weighted by Gasteiger charge is -2.45. The molecule has 0 amide bonds. The Morgan fingerprint density at radius 3 is 1.52 bits per heavy atom. The number of rotatable bonds is 8. The van der Waals surface area contributed by atoms with Gasteiger partial charge in [-0.3, -0.25) is 0 Å². The highest BCUT2D eigenvalue weighted by Gasteiger charge is 2.44. The first-order valence-electron chi connectivity index (χ1n) is 11.6. The minimum Gasteiger partial charge on any atom is -0.378 e. The quantitative estimate of drug-likeness (QED) is 0.419. The normalized spacial score (nSPS) is 25.6. The Morgan fingerprint density at radius 1 is 0.667 bits per heavy atom. The summed E-state index contributed by atoms with van der Waals surface area (Å²) in [6.45, 7) is 4.69. The lowest BCUT2D eigenvalue weighted by Crippen LogP contribution is -2.53. The first-order chi connectivity index (χ1) is 16.1. The molecule has 0 spiro atoms. The number of methoxy groups -OCH3 is 2. The second-order valence-corrected chi connectivity index (χ2v) is 8.79.